The van der Waals surface area contributed by atoms with Crippen molar-refractivity contribution in [3.63, 3.8) is 0 Å². The molecule has 1 aliphatic heterocycles. The first kappa shape index (κ1) is 18.1. The maximum absolute atomic E-state index is 12.9. The largest absolute Gasteiger partial charge is 0.352 e. The van der Waals surface area contributed by atoms with Crippen LogP contribution in [0.5, 0.6) is 0 Å². The Bertz CT molecular complexity index is 719. The normalized spacial score (nSPS) is 17.6. The summed E-state index contributed by atoms with van der Waals surface area (Å²) >= 11 is 0. The lowest BCUT2D eigenvalue weighted by Crippen LogP contribution is -2.37. The number of hydrogen-bond donors (Lipinski definition) is 1. The zero-order chi connectivity index (χ0) is 18.2. The number of likely N-dealkylation sites (tertiary alicyclic amines) is 1. The van der Waals surface area contributed by atoms with Gasteiger partial charge in [-0.05, 0) is 36.1 Å². The van der Waals surface area contributed by atoms with Crippen molar-refractivity contribution in [3.05, 3.63) is 66.0 Å². The van der Waals surface area contributed by atoms with Gasteiger partial charge in [-0.2, -0.15) is 0 Å². The highest BCUT2D eigenvalue weighted by Crippen LogP contribution is 2.22. The van der Waals surface area contributed by atoms with Crippen LogP contribution in [-0.2, 0) is 22.7 Å². The van der Waals surface area contributed by atoms with E-state index in [1.807, 2.05) is 47.4 Å². The third kappa shape index (κ3) is 5.15. The van der Waals surface area contributed by atoms with Crippen molar-refractivity contribution in [2.75, 3.05) is 6.54 Å². The summed E-state index contributed by atoms with van der Waals surface area (Å²) < 4.78 is 0. The van der Waals surface area contributed by atoms with Crippen molar-refractivity contribution >= 4 is 11.8 Å². The summed E-state index contributed by atoms with van der Waals surface area (Å²) in [6, 6.07) is 13.8. The van der Waals surface area contributed by atoms with Gasteiger partial charge in [0, 0.05) is 44.4 Å². The molecule has 2 heterocycles. The van der Waals surface area contributed by atoms with E-state index < -0.39 is 0 Å². The molecule has 0 bridgehead atoms. The highest BCUT2D eigenvalue weighted by molar-refractivity contribution is 5.86. The molecule has 2 amide bonds. The Morgan fingerprint density at radius 1 is 1.08 bits per heavy atom. The zero-order valence-corrected chi connectivity index (χ0v) is 14.9. The van der Waals surface area contributed by atoms with E-state index in [-0.39, 0.29) is 24.2 Å². The Labute approximate surface area is 154 Å². The van der Waals surface area contributed by atoms with E-state index in [4.69, 9.17) is 0 Å². The van der Waals surface area contributed by atoms with Gasteiger partial charge < -0.3 is 10.2 Å². The van der Waals surface area contributed by atoms with Gasteiger partial charge in [-0.3, -0.25) is 14.6 Å². The van der Waals surface area contributed by atoms with Crippen LogP contribution in [-0.4, -0.2) is 28.2 Å². The standard InChI is InChI=1S/C21H25N3O2/c25-20(23-15-17-9-11-22-12-10-17)14-19-8-4-5-13-24(21(19)26)16-18-6-2-1-3-7-18/h1-3,6-7,9-12,19H,4-5,8,13-16H2,(H,23,25). The number of aromatic nitrogens is 1. The van der Waals surface area contributed by atoms with Gasteiger partial charge >= 0.3 is 0 Å². The predicted molar refractivity (Wildman–Crippen MR) is 99.9 cm³/mol. The summed E-state index contributed by atoms with van der Waals surface area (Å²) in [7, 11) is 0. The topological polar surface area (TPSA) is 62.3 Å². The number of hydrogen-bond acceptors (Lipinski definition) is 3. The van der Waals surface area contributed by atoms with Gasteiger partial charge in [0.05, 0.1) is 0 Å². The minimum Gasteiger partial charge on any atom is -0.352 e. The van der Waals surface area contributed by atoms with Crippen LogP contribution < -0.4 is 5.32 Å². The van der Waals surface area contributed by atoms with Gasteiger partial charge in [0.1, 0.15) is 0 Å². The Kier molecular flexibility index (Phi) is 6.36. The number of amides is 2. The third-order valence-corrected chi connectivity index (χ3v) is 4.78. The number of nitrogens with zero attached hydrogens (tertiary/aromatic N) is 2. The fourth-order valence-corrected chi connectivity index (χ4v) is 3.33. The molecule has 1 saturated heterocycles. The van der Waals surface area contributed by atoms with E-state index in [1.165, 1.54) is 0 Å². The molecule has 1 N–H and O–H groups in total. The van der Waals surface area contributed by atoms with E-state index in [0.29, 0.717) is 13.1 Å². The minimum absolute atomic E-state index is 0.0678. The molecule has 1 atom stereocenters. The molecule has 1 aliphatic rings. The number of rotatable bonds is 6. The highest BCUT2D eigenvalue weighted by Gasteiger charge is 2.28. The molecule has 1 aromatic carbocycles. The Balaban J connectivity index is 1.55. The summed E-state index contributed by atoms with van der Waals surface area (Å²) in [5.41, 5.74) is 2.13. The van der Waals surface area contributed by atoms with Crippen molar-refractivity contribution in [2.45, 2.75) is 38.8 Å². The van der Waals surface area contributed by atoms with E-state index in [9.17, 15) is 9.59 Å². The van der Waals surface area contributed by atoms with Gasteiger partial charge in [-0.25, -0.2) is 0 Å². The molecular formula is C21H25N3O2. The van der Waals surface area contributed by atoms with Gasteiger partial charge in [0.25, 0.3) is 0 Å². The second kappa shape index (κ2) is 9.13. The van der Waals surface area contributed by atoms with Crippen LogP contribution in [0.1, 0.15) is 36.8 Å². The molecular weight excluding hydrogens is 326 g/mol. The first-order valence-electron chi connectivity index (χ1n) is 9.20. The van der Waals surface area contributed by atoms with E-state index in [0.717, 1.165) is 36.9 Å². The fourth-order valence-electron chi connectivity index (χ4n) is 3.33. The molecule has 5 nitrogen and oxygen atoms in total. The highest BCUT2D eigenvalue weighted by atomic mass is 16.2. The first-order chi connectivity index (χ1) is 12.7. The van der Waals surface area contributed by atoms with Crippen LogP contribution in [0, 0.1) is 5.92 Å². The van der Waals surface area contributed by atoms with Gasteiger partial charge in [-0.1, -0.05) is 36.8 Å². The zero-order valence-electron chi connectivity index (χ0n) is 14.9. The van der Waals surface area contributed by atoms with Crippen LogP contribution in [0.25, 0.3) is 0 Å². The average Bonchev–Trinajstić information content (AvgIpc) is 2.84. The van der Waals surface area contributed by atoms with Crippen molar-refractivity contribution in [3.8, 4) is 0 Å². The fraction of sp³-hybridized carbons (Fsp3) is 0.381. The van der Waals surface area contributed by atoms with Crippen LogP contribution in [0.3, 0.4) is 0 Å². The Morgan fingerprint density at radius 2 is 1.85 bits per heavy atom. The molecule has 0 spiro atoms. The third-order valence-electron chi connectivity index (χ3n) is 4.78. The lowest BCUT2D eigenvalue weighted by atomic mass is 9.98. The quantitative estimate of drug-likeness (QED) is 0.870. The predicted octanol–water partition coefficient (Wildman–Crippen LogP) is 2.92. The molecule has 1 aromatic heterocycles. The lowest BCUT2D eigenvalue weighted by Gasteiger charge is -2.24. The number of carbonyl (C=O) groups is 2. The van der Waals surface area contributed by atoms with Crippen molar-refractivity contribution in [1.82, 2.24) is 15.2 Å². The second-order valence-corrected chi connectivity index (χ2v) is 6.77. The average molecular weight is 351 g/mol. The Morgan fingerprint density at radius 3 is 2.62 bits per heavy atom. The SMILES string of the molecule is O=C(CC1CCCCN(Cc2ccccc2)C1=O)NCc1ccncc1. The maximum Gasteiger partial charge on any atom is 0.226 e. The molecule has 0 aliphatic carbocycles. The van der Waals surface area contributed by atoms with Crippen LogP contribution in [0.15, 0.2) is 54.9 Å². The molecule has 5 heteroatoms. The molecule has 1 unspecified atom stereocenters. The van der Waals surface area contributed by atoms with Gasteiger partial charge in [0.2, 0.25) is 11.8 Å². The number of benzene rings is 1. The number of carbonyl (C=O) groups excluding carboxylic acids is 2. The summed E-state index contributed by atoms with van der Waals surface area (Å²) in [5, 5.41) is 2.91. The molecule has 0 saturated carbocycles. The lowest BCUT2D eigenvalue weighted by molar-refractivity contribution is -0.138. The molecule has 2 aromatic rings. The molecule has 1 fully saturated rings. The smallest absolute Gasteiger partial charge is 0.226 e. The van der Waals surface area contributed by atoms with E-state index in [1.54, 1.807) is 12.4 Å². The summed E-state index contributed by atoms with van der Waals surface area (Å²) in [4.78, 5) is 31.1. The summed E-state index contributed by atoms with van der Waals surface area (Å²) in [5.74, 6) is -0.189. The minimum atomic E-state index is -0.223. The van der Waals surface area contributed by atoms with E-state index >= 15 is 0 Å². The Hall–Kier alpha value is -2.69. The van der Waals surface area contributed by atoms with Crippen molar-refractivity contribution in [2.24, 2.45) is 5.92 Å². The second-order valence-electron chi connectivity index (χ2n) is 6.77. The molecule has 3 rings (SSSR count). The van der Waals surface area contributed by atoms with Crippen molar-refractivity contribution in [1.29, 1.82) is 0 Å². The van der Waals surface area contributed by atoms with Gasteiger partial charge in [-0.15, -0.1) is 0 Å². The van der Waals surface area contributed by atoms with Crippen LogP contribution in [0.4, 0.5) is 0 Å². The summed E-state index contributed by atoms with van der Waals surface area (Å²) in [6.07, 6.45) is 6.44. The first-order valence-corrected chi connectivity index (χ1v) is 9.20. The van der Waals surface area contributed by atoms with Crippen LogP contribution in [0.2, 0.25) is 0 Å². The van der Waals surface area contributed by atoms with Crippen molar-refractivity contribution < 1.29 is 9.59 Å². The van der Waals surface area contributed by atoms with E-state index in [2.05, 4.69) is 10.3 Å². The maximum atomic E-state index is 12.9. The van der Waals surface area contributed by atoms with Gasteiger partial charge in [0.15, 0.2) is 0 Å². The van der Waals surface area contributed by atoms with Crippen LogP contribution >= 0.6 is 0 Å². The molecule has 26 heavy (non-hydrogen) atoms. The summed E-state index contributed by atoms with van der Waals surface area (Å²) in [6.45, 7) is 1.85. The monoisotopic (exact) mass is 351 g/mol. The number of nitrogens with one attached hydrogen (secondary N) is 1. The number of pyridine rings is 1. The molecule has 0 radical (unpaired) electrons. The molecule has 136 valence electrons.